The molecule has 0 aliphatic rings. The monoisotopic (exact) mass is 252 g/mol. The number of aryl methyl sites for hydroxylation is 1. The SMILES string of the molecule is CCNC(CC)CCCN(C)Cc1nccn1C. The fourth-order valence-electron chi connectivity index (χ4n) is 2.22. The molecular weight excluding hydrogens is 224 g/mol. The summed E-state index contributed by atoms with van der Waals surface area (Å²) in [4.78, 5) is 6.70. The molecule has 0 radical (unpaired) electrons. The lowest BCUT2D eigenvalue weighted by Gasteiger charge is -2.19. The minimum absolute atomic E-state index is 0.677. The molecule has 1 heterocycles. The van der Waals surface area contributed by atoms with E-state index in [-0.39, 0.29) is 0 Å². The Balaban J connectivity index is 2.21. The van der Waals surface area contributed by atoms with Crippen LogP contribution in [0.2, 0.25) is 0 Å². The summed E-state index contributed by atoms with van der Waals surface area (Å²) in [6, 6.07) is 0.677. The fourth-order valence-corrected chi connectivity index (χ4v) is 2.22. The second kappa shape index (κ2) is 8.27. The molecule has 0 saturated heterocycles. The third kappa shape index (κ3) is 5.19. The van der Waals surface area contributed by atoms with Gasteiger partial charge in [0.2, 0.25) is 0 Å². The molecule has 104 valence electrons. The zero-order chi connectivity index (χ0) is 13.4. The molecule has 1 aromatic rings. The van der Waals surface area contributed by atoms with E-state index in [2.05, 4.69) is 47.7 Å². The van der Waals surface area contributed by atoms with Crippen molar-refractivity contribution in [2.24, 2.45) is 7.05 Å². The number of rotatable bonds is 9. The van der Waals surface area contributed by atoms with Crippen molar-refractivity contribution in [2.75, 3.05) is 20.1 Å². The molecule has 1 rings (SSSR count). The first kappa shape index (κ1) is 15.2. The fraction of sp³-hybridized carbons (Fsp3) is 0.786. The van der Waals surface area contributed by atoms with Crippen LogP contribution in [0.25, 0.3) is 0 Å². The minimum atomic E-state index is 0.677. The lowest BCUT2D eigenvalue weighted by molar-refractivity contribution is 0.298. The van der Waals surface area contributed by atoms with Crippen molar-refractivity contribution >= 4 is 0 Å². The van der Waals surface area contributed by atoms with Crippen LogP contribution in [-0.4, -0.2) is 40.6 Å². The Labute approximate surface area is 111 Å². The Kier molecular flexibility index (Phi) is 6.98. The second-order valence-corrected chi connectivity index (χ2v) is 5.00. The highest BCUT2D eigenvalue weighted by molar-refractivity contribution is 4.90. The number of aromatic nitrogens is 2. The van der Waals surface area contributed by atoms with Crippen molar-refractivity contribution in [2.45, 2.75) is 45.7 Å². The highest BCUT2D eigenvalue weighted by Gasteiger charge is 2.07. The summed E-state index contributed by atoms with van der Waals surface area (Å²) < 4.78 is 2.09. The first-order valence-electron chi connectivity index (χ1n) is 7.05. The van der Waals surface area contributed by atoms with E-state index in [1.165, 1.54) is 19.3 Å². The molecule has 4 heteroatoms. The van der Waals surface area contributed by atoms with Crippen LogP contribution >= 0.6 is 0 Å². The van der Waals surface area contributed by atoms with E-state index in [1.807, 2.05) is 12.4 Å². The van der Waals surface area contributed by atoms with Gasteiger partial charge in [-0.05, 0) is 39.4 Å². The molecule has 0 aliphatic carbocycles. The molecule has 0 aromatic carbocycles. The normalized spacial score (nSPS) is 13.2. The third-order valence-corrected chi connectivity index (χ3v) is 3.41. The van der Waals surface area contributed by atoms with Crippen LogP contribution in [-0.2, 0) is 13.6 Å². The Morgan fingerprint density at radius 2 is 2.22 bits per heavy atom. The quantitative estimate of drug-likeness (QED) is 0.730. The molecule has 4 nitrogen and oxygen atoms in total. The van der Waals surface area contributed by atoms with Gasteiger partial charge in [-0.2, -0.15) is 0 Å². The Morgan fingerprint density at radius 3 is 2.78 bits per heavy atom. The van der Waals surface area contributed by atoms with Gasteiger partial charge in [0.1, 0.15) is 5.82 Å². The highest BCUT2D eigenvalue weighted by atomic mass is 15.1. The number of nitrogens with one attached hydrogen (secondary N) is 1. The molecule has 1 aromatic heterocycles. The summed E-state index contributed by atoms with van der Waals surface area (Å²) in [5.74, 6) is 1.14. The predicted molar refractivity (Wildman–Crippen MR) is 76.5 cm³/mol. The van der Waals surface area contributed by atoms with E-state index in [4.69, 9.17) is 0 Å². The molecule has 0 bridgehead atoms. The number of hydrogen-bond donors (Lipinski definition) is 1. The van der Waals surface area contributed by atoms with E-state index in [9.17, 15) is 0 Å². The van der Waals surface area contributed by atoms with Crippen molar-refractivity contribution < 1.29 is 0 Å². The zero-order valence-electron chi connectivity index (χ0n) is 12.3. The van der Waals surface area contributed by atoms with Crippen molar-refractivity contribution in [1.29, 1.82) is 0 Å². The lowest BCUT2D eigenvalue weighted by atomic mass is 10.1. The average Bonchev–Trinajstić information content (AvgIpc) is 2.74. The minimum Gasteiger partial charge on any atom is -0.337 e. The van der Waals surface area contributed by atoms with Crippen LogP contribution in [0.1, 0.15) is 38.9 Å². The first-order chi connectivity index (χ1) is 8.67. The van der Waals surface area contributed by atoms with E-state index in [0.717, 1.165) is 25.5 Å². The molecule has 1 atom stereocenters. The Bertz CT molecular complexity index is 321. The van der Waals surface area contributed by atoms with Crippen LogP contribution in [0.4, 0.5) is 0 Å². The second-order valence-electron chi connectivity index (χ2n) is 5.00. The number of imidazole rings is 1. The number of nitrogens with zero attached hydrogens (tertiary/aromatic N) is 3. The standard InChI is InChI=1S/C14H28N4/c1-5-13(15-6-2)8-7-10-17(3)12-14-16-9-11-18(14)4/h9,11,13,15H,5-8,10,12H2,1-4H3. The number of hydrogen-bond acceptors (Lipinski definition) is 3. The van der Waals surface area contributed by atoms with Crippen molar-refractivity contribution in [3.05, 3.63) is 18.2 Å². The van der Waals surface area contributed by atoms with E-state index >= 15 is 0 Å². The molecule has 18 heavy (non-hydrogen) atoms. The molecule has 1 unspecified atom stereocenters. The maximum atomic E-state index is 4.35. The van der Waals surface area contributed by atoms with Crippen LogP contribution in [0.15, 0.2) is 12.4 Å². The third-order valence-electron chi connectivity index (χ3n) is 3.41. The van der Waals surface area contributed by atoms with Gasteiger partial charge in [-0.1, -0.05) is 13.8 Å². The largest absolute Gasteiger partial charge is 0.337 e. The van der Waals surface area contributed by atoms with Gasteiger partial charge >= 0.3 is 0 Å². The first-order valence-corrected chi connectivity index (χ1v) is 7.05. The zero-order valence-corrected chi connectivity index (χ0v) is 12.3. The van der Waals surface area contributed by atoms with E-state index < -0.39 is 0 Å². The van der Waals surface area contributed by atoms with Gasteiger partial charge in [-0.25, -0.2) is 4.98 Å². The topological polar surface area (TPSA) is 33.1 Å². The van der Waals surface area contributed by atoms with E-state index in [0.29, 0.717) is 6.04 Å². The van der Waals surface area contributed by atoms with Gasteiger partial charge in [-0.15, -0.1) is 0 Å². The summed E-state index contributed by atoms with van der Waals surface area (Å²) in [5.41, 5.74) is 0. The summed E-state index contributed by atoms with van der Waals surface area (Å²) in [5, 5.41) is 3.53. The Hall–Kier alpha value is -0.870. The van der Waals surface area contributed by atoms with Gasteiger partial charge in [-0.3, -0.25) is 4.90 Å². The molecule has 0 saturated carbocycles. The van der Waals surface area contributed by atoms with Crippen molar-refractivity contribution in [1.82, 2.24) is 19.8 Å². The molecule has 0 amide bonds. The van der Waals surface area contributed by atoms with Gasteiger partial charge in [0.25, 0.3) is 0 Å². The predicted octanol–water partition coefficient (Wildman–Crippen LogP) is 2.02. The molecule has 0 aliphatic heterocycles. The maximum Gasteiger partial charge on any atom is 0.122 e. The highest BCUT2D eigenvalue weighted by Crippen LogP contribution is 2.05. The van der Waals surface area contributed by atoms with Crippen LogP contribution < -0.4 is 5.32 Å². The van der Waals surface area contributed by atoms with Crippen LogP contribution in [0.5, 0.6) is 0 Å². The smallest absolute Gasteiger partial charge is 0.122 e. The summed E-state index contributed by atoms with van der Waals surface area (Å²) in [6.45, 7) is 7.57. The molecule has 0 fully saturated rings. The van der Waals surface area contributed by atoms with Gasteiger partial charge in [0.15, 0.2) is 0 Å². The maximum absolute atomic E-state index is 4.35. The molecule has 1 N–H and O–H groups in total. The summed E-state index contributed by atoms with van der Waals surface area (Å²) in [7, 11) is 4.22. The van der Waals surface area contributed by atoms with Crippen molar-refractivity contribution in [3.8, 4) is 0 Å². The Morgan fingerprint density at radius 1 is 1.44 bits per heavy atom. The van der Waals surface area contributed by atoms with Gasteiger partial charge in [0, 0.05) is 25.5 Å². The van der Waals surface area contributed by atoms with Gasteiger partial charge < -0.3 is 9.88 Å². The van der Waals surface area contributed by atoms with E-state index in [1.54, 1.807) is 0 Å². The summed E-state index contributed by atoms with van der Waals surface area (Å²) in [6.07, 6.45) is 7.58. The summed E-state index contributed by atoms with van der Waals surface area (Å²) >= 11 is 0. The lowest BCUT2D eigenvalue weighted by Crippen LogP contribution is -2.29. The van der Waals surface area contributed by atoms with Crippen LogP contribution in [0, 0.1) is 0 Å². The van der Waals surface area contributed by atoms with Crippen molar-refractivity contribution in [3.63, 3.8) is 0 Å². The van der Waals surface area contributed by atoms with Crippen LogP contribution in [0.3, 0.4) is 0 Å². The average molecular weight is 252 g/mol. The molecule has 0 spiro atoms. The van der Waals surface area contributed by atoms with Gasteiger partial charge in [0.05, 0.1) is 6.54 Å². The molecular formula is C14H28N4.